The largest absolute Gasteiger partial charge is 0.330 e. The first-order valence-corrected chi connectivity index (χ1v) is 8.14. The van der Waals surface area contributed by atoms with Gasteiger partial charge in [0.2, 0.25) is 0 Å². The van der Waals surface area contributed by atoms with E-state index in [0.717, 1.165) is 24.1 Å². The van der Waals surface area contributed by atoms with E-state index in [1.165, 1.54) is 4.80 Å². The second-order valence-corrected chi connectivity index (χ2v) is 6.00. The lowest BCUT2D eigenvalue weighted by atomic mass is 10.2. The third-order valence-electron chi connectivity index (χ3n) is 4.14. The molecule has 1 fully saturated rings. The molecule has 1 amide bonds. The first kappa shape index (κ1) is 14.6. The number of nitrogens with zero attached hydrogens (tertiary/aromatic N) is 4. The van der Waals surface area contributed by atoms with Gasteiger partial charge in [0.1, 0.15) is 0 Å². The molecule has 5 heteroatoms. The summed E-state index contributed by atoms with van der Waals surface area (Å²) in [6, 6.07) is 20.0. The second-order valence-electron chi connectivity index (χ2n) is 6.00. The van der Waals surface area contributed by atoms with E-state index in [-0.39, 0.29) is 5.91 Å². The van der Waals surface area contributed by atoms with Crippen LogP contribution in [-0.2, 0) is 6.54 Å². The molecule has 0 aliphatic heterocycles. The van der Waals surface area contributed by atoms with Crippen LogP contribution in [-0.4, -0.2) is 31.8 Å². The van der Waals surface area contributed by atoms with Gasteiger partial charge >= 0.3 is 0 Å². The first-order valence-electron chi connectivity index (χ1n) is 8.14. The van der Waals surface area contributed by atoms with Crippen molar-refractivity contribution < 1.29 is 4.79 Å². The lowest BCUT2D eigenvalue weighted by Crippen LogP contribution is -2.33. The van der Waals surface area contributed by atoms with Gasteiger partial charge in [-0.3, -0.25) is 4.79 Å². The zero-order valence-corrected chi connectivity index (χ0v) is 13.2. The van der Waals surface area contributed by atoms with Crippen molar-refractivity contribution in [2.75, 3.05) is 0 Å². The zero-order chi connectivity index (χ0) is 16.4. The van der Waals surface area contributed by atoms with Crippen molar-refractivity contribution in [1.29, 1.82) is 0 Å². The van der Waals surface area contributed by atoms with Gasteiger partial charge in [0.15, 0.2) is 5.69 Å². The van der Waals surface area contributed by atoms with Gasteiger partial charge in [-0.05, 0) is 30.5 Å². The molecule has 24 heavy (non-hydrogen) atoms. The highest BCUT2D eigenvalue weighted by atomic mass is 16.2. The minimum absolute atomic E-state index is 0.0523. The average molecular weight is 318 g/mol. The van der Waals surface area contributed by atoms with Crippen LogP contribution >= 0.6 is 0 Å². The van der Waals surface area contributed by atoms with Gasteiger partial charge in [-0.25, -0.2) is 0 Å². The van der Waals surface area contributed by atoms with Crippen molar-refractivity contribution >= 4 is 5.91 Å². The molecular formula is C19H18N4O. The highest BCUT2D eigenvalue weighted by Crippen LogP contribution is 2.29. The lowest BCUT2D eigenvalue weighted by molar-refractivity contribution is 0.0723. The summed E-state index contributed by atoms with van der Waals surface area (Å²) in [7, 11) is 0. The highest BCUT2D eigenvalue weighted by Gasteiger charge is 2.34. The van der Waals surface area contributed by atoms with E-state index in [9.17, 15) is 4.79 Å². The molecule has 0 atom stereocenters. The SMILES string of the molecule is O=C(c1cnn(-c2ccccc2)n1)N(Cc1ccccc1)C1CC1. The maximum absolute atomic E-state index is 12.9. The fourth-order valence-corrected chi connectivity index (χ4v) is 2.73. The maximum Gasteiger partial charge on any atom is 0.276 e. The van der Waals surface area contributed by atoms with Crippen LogP contribution in [0.15, 0.2) is 66.9 Å². The Morgan fingerprint density at radius 1 is 1.04 bits per heavy atom. The number of amides is 1. The Kier molecular flexibility index (Phi) is 3.83. The molecule has 1 saturated carbocycles. The minimum atomic E-state index is -0.0523. The summed E-state index contributed by atoms with van der Waals surface area (Å²) in [4.78, 5) is 16.3. The van der Waals surface area contributed by atoms with Crippen LogP contribution in [0.1, 0.15) is 28.9 Å². The minimum Gasteiger partial charge on any atom is -0.330 e. The summed E-state index contributed by atoms with van der Waals surface area (Å²) in [5.41, 5.74) is 2.37. The predicted molar refractivity (Wildman–Crippen MR) is 90.7 cm³/mol. The van der Waals surface area contributed by atoms with Gasteiger partial charge in [0, 0.05) is 12.6 Å². The molecule has 1 heterocycles. The summed E-state index contributed by atoms with van der Waals surface area (Å²) in [6.45, 7) is 0.614. The molecule has 0 spiro atoms. The van der Waals surface area contributed by atoms with Crippen molar-refractivity contribution in [3.05, 3.63) is 78.1 Å². The standard InChI is InChI=1S/C19H18N4O/c24-19(18-13-20-23(21-18)17-9-5-2-6-10-17)22(16-11-12-16)14-15-7-3-1-4-8-15/h1-10,13,16H,11-12,14H2. The van der Waals surface area contributed by atoms with Crippen molar-refractivity contribution in [3.8, 4) is 5.69 Å². The molecule has 1 aromatic heterocycles. The van der Waals surface area contributed by atoms with Gasteiger partial charge in [-0.2, -0.15) is 9.90 Å². The van der Waals surface area contributed by atoms with Gasteiger partial charge in [0.25, 0.3) is 5.91 Å². The second kappa shape index (κ2) is 6.28. The van der Waals surface area contributed by atoms with E-state index >= 15 is 0 Å². The lowest BCUT2D eigenvalue weighted by Gasteiger charge is -2.21. The fraction of sp³-hybridized carbons (Fsp3) is 0.211. The molecule has 5 nitrogen and oxygen atoms in total. The van der Waals surface area contributed by atoms with Gasteiger partial charge in [0.05, 0.1) is 11.9 Å². The van der Waals surface area contributed by atoms with Crippen LogP contribution in [0.5, 0.6) is 0 Å². The van der Waals surface area contributed by atoms with E-state index in [1.807, 2.05) is 65.6 Å². The zero-order valence-electron chi connectivity index (χ0n) is 13.2. The Bertz CT molecular complexity index is 825. The third kappa shape index (κ3) is 3.06. The Balaban J connectivity index is 1.56. The molecule has 2 aromatic carbocycles. The Morgan fingerprint density at radius 2 is 1.71 bits per heavy atom. The smallest absolute Gasteiger partial charge is 0.276 e. The van der Waals surface area contributed by atoms with Crippen molar-refractivity contribution in [3.63, 3.8) is 0 Å². The topological polar surface area (TPSA) is 51.0 Å². The Hall–Kier alpha value is -2.95. The molecule has 120 valence electrons. The summed E-state index contributed by atoms with van der Waals surface area (Å²) < 4.78 is 0. The fourth-order valence-electron chi connectivity index (χ4n) is 2.73. The van der Waals surface area contributed by atoms with Crippen molar-refractivity contribution in [2.24, 2.45) is 0 Å². The summed E-state index contributed by atoms with van der Waals surface area (Å²) >= 11 is 0. The van der Waals surface area contributed by atoms with Crippen LogP contribution < -0.4 is 0 Å². The monoisotopic (exact) mass is 318 g/mol. The van der Waals surface area contributed by atoms with Gasteiger partial charge in [-0.1, -0.05) is 48.5 Å². The summed E-state index contributed by atoms with van der Waals surface area (Å²) in [5.74, 6) is -0.0523. The molecule has 1 aliphatic carbocycles. The molecule has 0 radical (unpaired) electrons. The number of para-hydroxylation sites is 1. The molecular weight excluding hydrogens is 300 g/mol. The molecule has 4 rings (SSSR count). The first-order chi connectivity index (χ1) is 11.8. The number of hydrogen-bond acceptors (Lipinski definition) is 3. The van der Waals surface area contributed by atoms with Crippen LogP contribution in [0, 0.1) is 0 Å². The number of aromatic nitrogens is 3. The summed E-state index contributed by atoms with van der Waals surface area (Å²) in [6.07, 6.45) is 3.67. The van der Waals surface area contributed by atoms with Crippen molar-refractivity contribution in [1.82, 2.24) is 19.9 Å². The van der Waals surface area contributed by atoms with Crippen molar-refractivity contribution in [2.45, 2.75) is 25.4 Å². The molecule has 1 aliphatic rings. The molecule has 3 aromatic rings. The van der Waals surface area contributed by atoms with E-state index in [2.05, 4.69) is 10.2 Å². The quantitative estimate of drug-likeness (QED) is 0.726. The van der Waals surface area contributed by atoms with Gasteiger partial charge < -0.3 is 4.90 Å². The van der Waals surface area contributed by atoms with E-state index in [1.54, 1.807) is 6.20 Å². The normalized spacial score (nSPS) is 13.7. The Labute approximate surface area is 140 Å². The van der Waals surface area contributed by atoms with Gasteiger partial charge in [-0.15, -0.1) is 5.10 Å². The molecule has 0 N–H and O–H groups in total. The number of carbonyl (C=O) groups is 1. The Morgan fingerprint density at radius 3 is 2.38 bits per heavy atom. The number of hydrogen-bond donors (Lipinski definition) is 0. The third-order valence-corrected chi connectivity index (χ3v) is 4.14. The maximum atomic E-state index is 12.9. The number of carbonyl (C=O) groups excluding carboxylic acids is 1. The number of benzene rings is 2. The van der Waals surface area contributed by atoms with E-state index < -0.39 is 0 Å². The molecule has 0 bridgehead atoms. The van der Waals surface area contributed by atoms with Crippen LogP contribution in [0.2, 0.25) is 0 Å². The molecule has 0 saturated heterocycles. The highest BCUT2D eigenvalue weighted by molar-refractivity contribution is 5.92. The van der Waals surface area contributed by atoms with E-state index in [4.69, 9.17) is 0 Å². The van der Waals surface area contributed by atoms with Crippen LogP contribution in [0.3, 0.4) is 0 Å². The predicted octanol–water partition coefficient (Wildman–Crippen LogP) is 3.07. The van der Waals surface area contributed by atoms with E-state index in [0.29, 0.717) is 18.3 Å². The average Bonchev–Trinajstić information content (AvgIpc) is 3.36. The molecule has 0 unspecified atom stereocenters. The van der Waals surface area contributed by atoms with Crippen LogP contribution in [0.25, 0.3) is 5.69 Å². The summed E-state index contributed by atoms with van der Waals surface area (Å²) in [5, 5.41) is 8.60. The number of rotatable bonds is 5. The van der Waals surface area contributed by atoms with Crippen LogP contribution in [0.4, 0.5) is 0 Å².